The van der Waals surface area contributed by atoms with E-state index in [0.717, 1.165) is 29.7 Å². The van der Waals surface area contributed by atoms with Crippen LogP contribution in [0.25, 0.3) is 11.0 Å². The molecule has 2 amide bonds. The smallest absolute Gasteiger partial charge is 0.243 e. The SMILES string of the molecule is CCC(C)N(C(=O)Cn1c(CCNC(=O)C(C)(C)C)nc2ccccc21)C(C)CC. The molecule has 1 aromatic carbocycles. The van der Waals surface area contributed by atoms with E-state index in [9.17, 15) is 9.59 Å². The van der Waals surface area contributed by atoms with Crippen molar-refractivity contribution in [2.75, 3.05) is 6.54 Å². The number of imidazole rings is 1. The van der Waals surface area contributed by atoms with Crippen molar-refractivity contribution in [3.63, 3.8) is 0 Å². The summed E-state index contributed by atoms with van der Waals surface area (Å²) in [6.07, 6.45) is 2.43. The van der Waals surface area contributed by atoms with Gasteiger partial charge in [0.05, 0.1) is 11.0 Å². The molecule has 1 aromatic heterocycles. The minimum absolute atomic E-state index is 0.0148. The number of nitrogens with one attached hydrogen (secondary N) is 1. The van der Waals surface area contributed by atoms with E-state index in [1.54, 1.807) is 0 Å². The first-order chi connectivity index (χ1) is 14.1. The quantitative estimate of drug-likeness (QED) is 0.670. The highest BCUT2D eigenvalue weighted by molar-refractivity contribution is 5.82. The van der Waals surface area contributed by atoms with E-state index in [-0.39, 0.29) is 30.4 Å². The Morgan fingerprint density at radius 3 is 2.27 bits per heavy atom. The number of hydrogen-bond acceptors (Lipinski definition) is 3. The average Bonchev–Trinajstić information content (AvgIpc) is 3.04. The van der Waals surface area contributed by atoms with Gasteiger partial charge in [0.1, 0.15) is 12.4 Å². The molecule has 6 nitrogen and oxygen atoms in total. The van der Waals surface area contributed by atoms with Gasteiger partial charge in [-0.1, -0.05) is 46.8 Å². The summed E-state index contributed by atoms with van der Waals surface area (Å²) in [5.41, 5.74) is 1.40. The number of carbonyl (C=O) groups excluding carboxylic acids is 2. The molecule has 30 heavy (non-hydrogen) atoms. The van der Waals surface area contributed by atoms with E-state index in [4.69, 9.17) is 4.98 Å². The van der Waals surface area contributed by atoms with Crippen LogP contribution in [0.3, 0.4) is 0 Å². The molecule has 0 aliphatic heterocycles. The molecule has 0 bridgehead atoms. The molecule has 2 rings (SSSR count). The summed E-state index contributed by atoms with van der Waals surface area (Å²) in [5.74, 6) is 0.954. The lowest BCUT2D eigenvalue weighted by atomic mass is 9.96. The van der Waals surface area contributed by atoms with E-state index in [2.05, 4.69) is 33.0 Å². The Morgan fingerprint density at radius 2 is 1.70 bits per heavy atom. The van der Waals surface area contributed by atoms with Gasteiger partial charge in [0.25, 0.3) is 0 Å². The second kappa shape index (κ2) is 10.1. The molecule has 2 unspecified atom stereocenters. The number of para-hydroxylation sites is 2. The van der Waals surface area contributed by atoms with Crippen LogP contribution in [-0.2, 0) is 22.6 Å². The molecule has 0 saturated carbocycles. The molecular formula is C24H38N4O2. The number of carbonyl (C=O) groups is 2. The van der Waals surface area contributed by atoms with E-state index in [0.29, 0.717) is 13.0 Å². The highest BCUT2D eigenvalue weighted by Gasteiger charge is 2.25. The molecule has 0 radical (unpaired) electrons. The molecule has 2 aromatic rings. The van der Waals surface area contributed by atoms with Crippen molar-refractivity contribution in [3.05, 3.63) is 30.1 Å². The third kappa shape index (κ3) is 5.61. The molecular weight excluding hydrogens is 376 g/mol. The number of nitrogens with zero attached hydrogens (tertiary/aromatic N) is 3. The van der Waals surface area contributed by atoms with Gasteiger partial charge in [0.2, 0.25) is 11.8 Å². The third-order valence-electron chi connectivity index (χ3n) is 5.76. The number of aromatic nitrogens is 2. The minimum atomic E-state index is -0.427. The molecule has 0 aliphatic carbocycles. The van der Waals surface area contributed by atoms with Crippen LogP contribution in [0.15, 0.2) is 24.3 Å². The largest absolute Gasteiger partial charge is 0.355 e. The Kier molecular flexibility index (Phi) is 8.04. The maximum atomic E-state index is 13.3. The van der Waals surface area contributed by atoms with Crippen LogP contribution in [0.1, 0.15) is 67.1 Å². The highest BCUT2D eigenvalue weighted by atomic mass is 16.2. The Morgan fingerprint density at radius 1 is 1.10 bits per heavy atom. The predicted octanol–water partition coefficient (Wildman–Crippen LogP) is 4.17. The van der Waals surface area contributed by atoms with E-state index in [1.807, 2.05) is 54.5 Å². The van der Waals surface area contributed by atoms with Gasteiger partial charge in [-0.2, -0.15) is 0 Å². The van der Waals surface area contributed by atoms with Crippen LogP contribution < -0.4 is 5.32 Å². The fraction of sp³-hybridized carbons (Fsp3) is 0.625. The van der Waals surface area contributed by atoms with Crippen molar-refractivity contribution in [2.24, 2.45) is 5.41 Å². The second-order valence-corrected chi connectivity index (χ2v) is 9.17. The van der Waals surface area contributed by atoms with Crippen LogP contribution in [0.4, 0.5) is 0 Å². The Labute approximate surface area is 181 Å². The van der Waals surface area contributed by atoms with Crippen molar-refractivity contribution < 1.29 is 9.59 Å². The van der Waals surface area contributed by atoms with Crippen LogP contribution in [0, 0.1) is 5.41 Å². The summed E-state index contributed by atoms with van der Waals surface area (Å²) in [4.78, 5) is 32.3. The molecule has 0 fully saturated rings. The standard InChI is InChI=1S/C24H38N4O2/c1-8-17(3)28(18(4)9-2)22(29)16-27-20-13-11-10-12-19(20)26-21(27)14-15-25-23(30)24(5,6)7/h10-13,17-18H,8-9,14-16H2,1-7H3,(H,25,30). The Hall–Kier alpha value is -2.37. The Balaban J connectivity index is 2.27. The zero-order chi connectivity index (χ0) is 22.5. The lowest BCUT2D eigenvalue weighted by Crippen LogP contribution is -2.46. The molecule has 166 valence electrons. The van der Waals surface area contributed by atoms with Crippen molar-refractivity contribution in [1.29, 1.82) is 0 Å². The van der Waals surface area contributed by atoms with E-state index in [1.165, 1.54) is 0 Å². The van der Waals surface area contributed by atoms with Crippen LogP contribution in [-0.4, -0.2) is 44.9 Å². The van der Waals surface area contributed by atoms with E-state index < -0.39 is 5.41 Å². The van der Waals surface area contributed by atoms with Crippen molar-refractivity contribution in [1.82, 2.24) is 19.8 Å². The lowest BCUT2D eigenvalue weighted by molar-refractivity contribution is -0.136. The number of amides is 2. The van der Waals surface area contributed by atoms with Crippen LogP contribution in [0.2, 0.25) is 0 Å². The monoisotopic (exact) mass is 414 g/mol. The van der Waals surface area contributed by atoms with E-state index >= 15 is 0 Å². The summed E-state index contributed by atoms with van der Waals surface area (Å²) in [5, 5.41) is 2.99. The predicted molar refractivity (Wildman–Crippen MR) is 122 cm³/mol. The zero-order valence-electron chi connectivity index (χ0n) is 19.7. The topological polar surface area (TPSA) is 67.2 Å². The summed E-state index contributed by atoms with van der Waals surface area (Å²) >= 11 is 0. The van der Waals surface area contributed by atoms with Gasteiger partial charge in [0, 0.05) is 30.5 Å². The van der Waals surface area contributed by atoms with Gasteiger partial charge in [-0.05, 0) is 38.8 Å². The first-order valence-electron chi connectivity index (χ1n) is 11.1. The molecule has 1 heterocycles. The summed E-state index contributed by atoms with van der Waals surface area (Å²) < 4.78 is 2.01. The number of fused-ring (bicyclic) bond motifs is 1. The first-order valence-corrected chi connectivity index (χ1v) is 11.1. The fourth-order valence-corrected chi connectivity index (χ4v) is 3.58. The Bertz CT molecular complexity index is 856. The van der Waals surface area contributed by atoms with Crippen molar-refractivity contribution >= 4 is 22.8 Å². The van der Waals surface area contributed by atoms with Crippen molar-refractivity contribution in [2.45, 2.75) is 86.4 Å². The normalized spacial score (nSPS) is 13.8. The molecule has 2 atom stereocenters. The van der Waals surface area contributed by atoms with Gasteiger partial charge < -0.3 is 14.8 Å². The number of benzene rings is 1. The van der Waals surface area contributed by atoms with Gasteiger partial charge >= 0.3 is 0 Å². The molecule has 0 saturated heterocycles. The maximum absolute atomic E-state index is 13.3. The summed E-state index contributed by atoms with van der Waals surface area (Å²) in [7, 11) is 0. The van der Waals surface area contributed by atoms with Crippen molar-refractivity contribution in [3.8, 4) is 0 Å². The van der Waals surface area contributed by atoms with Crippen LogP contribution in [0.5, 0.6) is 0 Å². The maximum Gasteiger partial charge on any atom is 0.243 e. The third-order valence-corrected chi connectivity index (χ3v) is 5.76. The number of hydrogen-bond donors (Lipinski definition) is 1. The molecule has 0 aliphatic rings. The minimum Gasteiger partial charge on any atom is -0.355 e. The molecule has 1 N–H and O–H groups in total. The van der Waals surface area contributed by atoms with Gasteiger partial charge in [-0.25, -0.2) is 4.98 Å². The second-order valence-electron chi connectivity index (χ2n) is 9.17. The van der Waals surface area contributed by atoms with Crippen LogP contribution >= 0.6 is 0 Å². The first kappa shape index (κ1) is 23.9. The van der Waals surface area contributed by atoms with Gasteiger partial charge in [-0.3, -0.25) is 9.59 Å². The molecule has 6 heteroatoms. The lowest BCUT2D eigenvalue weighted by Gasteiger charge is -2.34. The van der Waals surface area contributed by atoms with Gasteiger partial charge in [0.15, 0.2) is 0 Å². The fourth-order valence-electron chi connectivity index (χ4n) is 3.58. The average molecular weight is 415 g/mol. The zero-order valence-corrected chi connectivity index (χ0v) is 19.7. The van der Waals surface area contributed by atoms with Gasteiger partial charge in [-0.15, -0.1) is 0 Å². The number of rotatable bonds is 9. The highest BCUT2D eigenvalue weighted by Crippen LogP contribution is 2.19. The summed E-state index contributed by atoms with van der Waals surface area (Å²) in [6, 6.07) is 8.28. The summed E-state index contributed by atoms with van der Waals surface area (Å²) in [6.45, 7) is 14.9. The molecule has 0 spiro atoms.